The molecule has 5 heteroatoms. The molecule has 3 N–H and O–H groups in total. The third-order valence-electron chi connectivity index (χ3n) is 3.66. The molecule has 1 aliphatic heterocycles. The summed E-state index contributed by atoms with van der Waals surface area (Å²) in [4.78, 5) is 23.0. The Hall–Kier alpha value is -1.10. The lowest BCUT2D eigenvalue weighted by molar-refractivity contribution is -0.130. The van der Waals surface area contributed by atoms with E-state index in [4.69, 9.17) is 0 Å². The normalized spacial score (nSPS) is 19.9. The second-order valence-electron chi connectivity index (χ2n) is 5.48. The van der Waals surface area contributed by atoms with Gasteiger partial charge in [-0.25, -0.2) is 0 Å². The smallest absolute Gasteiger partial charge is 0.225 e. The number of rotatable bonds is 7. The number of carbonyl (C=O) groups is 2. The van der Waals surface area contributed by atoms with Gasteiger partial charge < -0.3 is 15.7 Å². The highest BCUT2D eigenvalue weighted by Crippen LogP contribution is 2.19. The summed E-state index contributed by atoms with van der Waals surface area (Å²) in [5.41, 5.74) is -0.795. The molecular weight excluding hydrogens is 244 g/mol. The molecule has 1 saturated heterocycles. The Morgan fingerprint density at radius 3 is 2.53 bits per heavy atom. The maximum Gasteiger partial charge on any atom is 0.225 e. The van der Waals surface area contributed by atoms with Crippen molar-refractivity contribution in [3.8, 4) is 0 Å². The summed E-state index contributed by atoms with van der Waals surface area (Å²) in [5.74, 6) is -0.214. The van der Waals surface area contributed by atoms with Crippen LogP contribution < -0.4 is 10.6 Å². The quantitative estimate of drug-likeness (QED) is 0.645. The summed E-state index contributed by atoms with van der Waals surface area (Å²) < 4.78 is 0. The summed E-state index contributed by atoms with van der Waals surface area (Å²) in [6.45, 7) is 4.76. The molecule has 0 aromatic rings. The van der Waals surface area contributed by atoms with Gasteiger partial charge in [0.05, 0.1) is 11.5 Å². The van der Waals surface area contributed by atoms with E-state index in [-0.39, 0.29) is 17.7 Å². The van der Waals surface area contributed by atoms with E-state index in [9.17, 15) is 14.7 Å². The van der Waals surface area contributed by atoms with Crippen LogP contribution in [0.1, 0.15) is 52.4 Å². The molecule has 0 bridgehead atoms. The van der Waals surface area contributed by atoms with Gasteiger partial charge in [0.25, 0.3) is 0 Å². The fraction of sp³-hybridized carbons (Fsp3) is 0.857. The Balaban J connectivity index is 2.41. The van der Waals surface area contributed by atoms with E-state index < -0.39 is 5.60 Å². The summed E-state index contributed by atoms with van der Waals surface area (Å²) >= 11 is 0. The highest BCUT2D eigenvalue weighted by atomic mass is 16.3. The second kappa shape index (κ2) is 7.48. The van der Waals surface area contributed by atoms with Gasteiger partial charge in [0.2, 0.25) is 11.8 Å². The molecule has 5 nitrogen and oxygen atoms in total. The number of nitrogens with one attached hydrogen (secondary N) is 2. The van der Waals surface area contributed by atoms with Gasteiger partial charge in [-0.05, 0) is 19.3 Å². The molecular formula is C14H26N2O3. The van der Waals surface area contributed by atoms with Crippen molar-refractivity contribution in [2.75, 3.05) is 13.1 Å². The van der Waals surface area contributed by atoms with Crippen LogP contribution in [-0.2, 0) is 9.59 Å². The molecule has 1 aliphatic rings. The first kappa shape index (κ1) is 16.0. The van der Waals surface area contributed by atoms with Crippen molar-refractivity contribution in [3.63, 3.8) is 0 Å². The molecule has 110 valence electrons. The number of amides is 2. The largest absolute Gasteiger partial charge is 0.388 e. The van der Waals surface area contributed by atoms with Crippen LogP contribution in [0, 0.1) is 5.92 Å². The Bertz CT molecular complexity index is 302. The van der Waals surface area contributed by atoms with Crippen molar-refractivity contribution in [2.24, 2.45) is 5.92 Å². The minimum Gasteiger partial charge on any atom is -0.388 e. The lowest BCUT2D eigenvalue weighted by Gasteiger charge is -2.29. The lowest BCUT2D eigenvalue weighted by atomic mass is 9.92. The Morgan fingerprint density at radius 1 is 1.42 bits per heavy atom. The predicted octanol–water partition coefficient (Wildman–Crippen LogP) is 0.960. The monoisotopic (exact) mass is 270 g/mol. The molecule has 0 aliphatic carbocycles. The van der Waals surface area contributed by atoms with Gasteiger partial charge in [-0.3, -0.25) is 9.59 Å². The zero-order valence-corrected chi connectivity index (χ0v) is 12.0. The fourth-order valence-electron chi connectivity index (χ4n) is 2.59. The molecule has 19 heavy (non-hydrogen) atoms. The minimum atomic E-state index is -0.795. The molecule has 1 atom stereocenters. The van der Waals surface area contributed by atoms with E-state index in [0.29, 0.717) is 38.8 Å². The third-order valence-corrected chi connectivity index (χ3v) is 3.66. The van der Waals surface area contributed by atoms with Crippen molar-refractivity contribution in [1.82, 2.24) is 10.6 Å². The average Bonchev–Trinajstić information content (AvgIpc) is 2.37. The van der Waals surface area contributed by atoms with Crippen LogP contribution in [0.2, 0.25) is 0 Å². The first-order valence-corrected chi connectivity index (χ1v) is 7.27. The Labute approximate surface area is 115 Å². The van der Waals surface area contributed by atoms with Gasteiger partial charge in [-0.1, -0.05) is 26.7 Å². The maximum absolute atomic E-state index is 12.0. The van der Waals surface area contributed by atoms with E-state index in [2.05, 4.69) is 10.6 Å². The molecule has 1 heterocycles. The van der Waals surface area contributed by atoms with E-state index in [1.165, 1.54) is 0 Å². The van der Waals surface area contributed by atoms with Crippen molar-refractivity contribution in [1.29, 1.82) is 0 Å². The summed E-state index contributed by atoms with van der Waals surface area (Å²) in [5, 5.41) is 16.0. The first-order chi connectivity index (χ1) is 9.00. The van der Waals surface area contributed by atoms with Crippen LogP contribution in [0.5, 0.6) is 0 Å². The highest BCUT2D eigenvalue weighted by molar-refractivity contribution is 5.83. The standard InChI is InChI=1S/C14H26N2O3/c1-3-7-14(19,8-4-2)10-16-13(18)11-5-6-12(17)15-9-11/h11,19H,3-10H2,1-2H3,(H,15,17)(H,16,18). The maximum atomic E-state index is 12.0. The van der Waals surface area contributed by atoms with E-state index in [0.717, 1.165) is 12.8 Å². The van der Waals surface area contributed by atoms with Crippen LogP contribution >= 0.6 is 0 Å². The summed E-state index contributed by atoms with van der Waals surface area (Å²) in [7, 11) is 0. The zero-order chi connectivity index (χ0) is 14.3. The number of hydrogen-bond donors (Lipinski definition) is 3. The van der Waals surface area contributed by atoms with Crippen LogP contribution in [0.4, 0.5) is 0 Å². The SMILES string of the molecule is CCCC(O)(CCC)CNC(=O)C1CCC(=O)NC1. The van der Waals surface area contributed by atoms with Gasteiger partial charge in [0, 0.05) is 19.5 Å². The van der Waals surface area contributed by atoms with Gasteiger partial charge in [0.15, 0.2) is 0 Å². The van der Waals surface area contributed by atoms with Crippen LogP contribution in [0.25, 0.3) is 0 Å². The van der Waals surface area contributed by atoms with Crippen molar-refractivity contribution in [2.45, 2.75) is 58.0 Å². The zero-order valence-electron chi connectivity index (χ0n) is 12.0. The van der Waals surface area contributed by atoms with E-state index in [1.807, 2.05) is 13.8 Å². The second-order valence-corrected chi connectivity index (χ2v) is 5.48. The predicted molar refractivity (Wildman–Crippen MR) is 73.5 cm³/mol. The molecule has 0 aromatic carbocycles. The van der Waals surface area contributed by atoms with Crippen molar-refractivity contribution < 1.29 is 14.7 Å². The number of aliphatic hydroxyl groups is 1. The van der Waals surface area contributed by atoms with Gasteiger partial charge in [-0.15, -0.1) is 0 Å². The van der Waals surface area contributed by atoms with Gasteiger partial charge in [-0.2, -0.15) is 0 Å². The lowest BCUT2D eigenvalue weighted by Crippen LogP contribution is -2.48. The van der Waals surface area contributed by atoms with E-state index >= 15 is 0 Å². The fourth-order valence-corrected chi connectivity index (χ4v) is 2.59. The number of hydrogen-bond acceptors (Lipinski definition) is 3. The first-order valence-electron chi connectivity index (χ1n) is 7.27. The molecule has 1 unspecified atom stereocenters. The van der Waals surface area contributed by atoms with Crippen molar-refractivity contribution in [3.05, 3.63) is 0 Å². The Kier molecular flexibility index (Phi) is 6.28. The number of carbonyl (C=O) groups excluding carboxylic acids is 2. The number of piperidine rings is 1. The van der Waals surface area contributed by atoms with E-state index in [1.54, 1.807) is 0 Å². The van der Waals surface area contributed by atoms with Gasteiger partial charge >= 0.3 is 0 Å². The molecule has 0 radical (unpaired) electrons. The molecule has 0 spiro atoms. The molecule has 1 fully saturated rings. The van der Waals surface area contributed by atoms with Crippen molar-refractivity contribution >= 4 is 11.8 Å². The minimum absolute atomic E-state index is 0.0116. The molecule has 1 rings (SSSR count). The molecule has 0 aromatic heterocycles. The summed E-state index contributed by atoms with van der Waals surface area (Å²) in [6.07, 6.45) is 4.19. The van der Waals surface area contributed by atoms with Crippen LogP contribution in [0.15, 0.2) is 0 Å². The average molecular weight is 270 g/mol. The highest BCUT2D eigenvalue weighted by Gasteiger charge is 2.29. The Morgan fingerprint density at radius 2 is 2.05 bits per heavy atom. The third kappa shape index (κ3) is 5.19. The molecule has 2 amide bonds. The summed E-state index contributed by atoms with van der Waals surface area (Å²) in [6, 6.07) is 0. The van der Waals surface area contributed by atoms with Crippen LogP contribution in [-0.4, -0.2) is 35.6 Å². The molecule has 0 saturated carbocycles. The van der Waals surface area contributed by atoms with Gasteiger partial charge in [0.1, 0.15) is 0 Å². The van der Waals surface area contributed by atoms with Crippen LogP contribution in [0.3, 0.4) is 0 Å². The topological polar surface area (TPSA) is 78.4 Å².